The van der Waals surface area contributed by atoms with Crippen molar-refractivity contribution < 1.29 is 18.1 Å². The average Bonchev–Trinajstić information content (AvgIpc) is 2.80. The first kappa shape index (κ1) is 14.8. The molecular weight excluding hydrogens is 291 g/mol. The third-order valence-electron chi connectivity index (χ3n) is 2.60. The summed E-state index contributed by atoms with van der Waals surface area (Å²) in [5.41, 5.74) is -1.44. The monoisotopic (exact) mass is 301 g/mol. The Morgan fingerprint density at radius 1 is 1.48 bits per heavy atom. The summed E-state index contributed by atoms with van der Waals surface area (Å²) < 4.78 is 39.3. The van der Waals surface area contributed by atoms with Crippen LogP contribution in [0.1, 0.15) is 11.4 Å². The summed E-state index contributed by atoms with van der Waals surface area (Å²) in [6, 6.07) is 2.26. The van der Waals surface area contributed by atoms with Crippen LogP contribution >= 0.6 is 0 Å². The molecule has 0 saturated carbocycles. The van der Waals surface area contributed by atoms with Crippen molar-refractivity contribution in [2.45, 2.75) is 12.7 Å². The van der Waals surface area contributed by atoms with Gasteiger partial charge in [0, 0.05) is 13.2 Å². The van der Waals surface area contributed by atoms with E-state index >= 15 is 0 Å². The minimum Gasteiger partial charge on any atom is -0.374 e. The average molecular weight is 301 g/mol. The smallest absolute Gasteiger partial charge is 0.374 e. The summed E-state index contributed by atoms with van der Waals surface area (Å²) in [5, 5.41) is 17.4. The number of hydrogen-bond donors (Lipinski definition) is 1. The van der Waals surface area contributed by atoms with E-state index in [1.54, 1.807) is 19.3 Å². The fourth-order valence-electron chi connectivity index (χ4n) is 1.63. The third-order valence-corrected chi connectivity index (χ3v) is 2.60. The summed E-state index contributed by atoms with van der Waals surface area (Å²) in [7, 11) is 1.68. The van der Waals surface area contributed by atoms with Gasteiger partial charge in [-0.3, -0.25) is 14.8 Å². The molecule has 7 nitrogen and oxygen atoms in total. The van der Waals surface area contributed by atoms with Gasteiger partial charge in [-0.1, -0.05) is 0 Å². The van der Waals surface area contributed by atoms with Crippen molar-refractivity contribution >= 4 is 11.4 Å². The van der Waals surface area contributed by atoms with E-state index in [0.717, 1.165) is 0 Å². The van der Waals surface area contributed by atoms with Crippen LogP contribution in [0.25, 0.3) is 0 Å². The van der Waals surface area contributed by atoms with Crippen LogP contribution < -0.4 is 5.32 Å². The minimum absolute atomic E-state index is 0.0585. The molecule has 2 heterocycles. The first-order valence-electron chi connectivity index (χ1n) is 5.71. The Bertz CT molecular complexity index is 668. The molecule has 0 unspecified atom stereocenters. The fraction of sp³-hybridized carbons (Fsp3) is 0.273. The van der Waals surface area contributed by atoms with E-state index in [4.69, 9.17) is 0 Å². The number of hydrogen-bond acceptors (Lipinski definition) is 5. The van der Waals surface area contributed by atoms with Gasteiger partial charge in [-0.15, -0.1) is 0 Å². The van der Waals surface area contributed by atoms with Crippen LogP contribution in [0.3, 0.4) is 0 Å². The Balaban J connectivity index is 2.28. The maximum absolute atomic E-state index is 12.6. The Morgan fingerprint density at radius 3 is 2.71 bits per heavy atom. The maximum Gasteiger partial charge on any atom is 0.433 e. The van der Waals surface area contributed by atoms with Crippen molar-refractivity contribution in [3.63, 3.8) is 0 Å². The summed E-state index contributed by atoms with van der Waals surface area (Å²) in [6.07, 6.45) is -2.43. The highest BCUT2D eigenvalue weighted by atomic mass is 19.4. The third kappa shape index (κ3) is 3.46. The molecule has 0 amide bonds. The lowest BCUT2D eigenvalue weighted by molar-refractivity contribution is -0.384. The van der Waals surface area contributed by atoms with E-state index in [-0.39, 0.29) is 12.2 Å². The van der Waals surface area contributed by atoms with Crippen LogP contribution in [0.2, 0.25) is 0 Å². The van der Waals surface area contributed by atoms with Crippen LogP contribution in [0.4, 0.5) is 24.5 Å². The molecule has 0 aliphatic heterocycles. The van der Waals surface area contributed by atoms with Gasteiger partial charge in [-0.05, 0) is 12.1 Å². The van der Waals surface area contributed by atoms with Gasteiger partial charge in [0.05, 0.1) is 17.2 Å². The SMILES string of the molecule is Cn1ccc(CNc2cc(C(F)(F)F)ncc2[N+](=O)[O-])n1. The van der Waals surface area contributed by atoms with Crippen molar-refractivity contribution in [2.24, 2.45) is 7.05 Å². The number of anilines is 1. The van der Waals surface area contributed by atoms with Gasteiger partial charge in [-0.25, -0.2) is 4.98 Å². The van der Waals surface area contributed by atoms with E-state index in [9.17, 15) is 23.3 Å². The number of aromatic nitrogens is 3. The Labute approximate surface area is 116 Å². The summed E-state index contributed by atoms with van der Waals surface area (Å²) in [6.45, 7) is 0.0585. The molecule has 112 valence electrons. The Morgan fingerprint density at radius 2 is 2.19 bits per heavy atom. The highest BCUT2D eigenvalue weighted by molar-refractivity contribution is 5.61. The predicted octanol–water partition coefficient (Wildman–Crippen LogP) is 2.35. The van der Waals surface area contributed by atoms with Crippen molar-refractivity contribution in [1.82, 2.24) is 14.8 Å². The van der Waals surface area contributed by atoms with Crippen molar-refractivity contribution in [2.75, 3.05) is 5.32 Å². The van der Waals surface area contributed by atoms with Crippen LogP contribution in [-0.2, 0) is 19.8 Å². The molecule has 0 saturated heterocycles. The number of aryl methyl sites for hydroxylation is 1. The molecule has 2 aromatic heterocycles. The standard InChI is InChI=1S/C11H10F3N5O2/c1-18-3-2-7(17-18)5-15-8-4-10(11(12,13)14)16-6-9(8)19(20)21/h2-4,6H,5H2,1H3,(H,15,16). The summed E-state index contributed by atoms with van der Waals surface area (Å²) >= 11 is 0. The number of nitro groups is 1. The largest absolute Gasteiger partial charge is 0.433 e. The predicted molar refractivity (Wildman–Crippen MR) is 66.4 cm³/mol. The molecule has 0 aromatic carbocycles. The van der Waals surface area contributed by atoms with Crippen molar-refractivity contribution in [3.8, 4) is 0 Å². The lowest BCUT2D eigenvalue weighted by atomic mass is 10.2. The molecule has 0 aliphatic carbocycles. The van der Waals surface area contributed by atoms with Gasteiger partial charge in [0.1, 0.15) is 17.6 Å². The molecule has 1 N–H and O–H groups in total. The molecule has 0 aliphatic rings. The molecule has 2 rings (SSSR count). The number of nitrogens with one attached hydrogen (secondary N) is 1. The number of rotatable bonds is 4. The topological polar surface area (TPSA) is 85.9 Å². The van der Waals surface area contributed by atoms with E-state index in [1.807, 2.05) is 0 Å². The Kier molecular flexibility index (Phi) is 3.78. The van der Waals surface area contributed by atoms with Gasteiger partial charge < -0.3 is 5.32 Å². The van der Waals surface area contributed by atoms with E-state index in [2.05, 4.69) is 15.4 Å². The molecule has 0 radical (unpaired) electrons. The lowest BCUT2D eigenvalue weighted by Crippen LogP contribution is -2.11. The van der Waals surface area contributed by atoms with Crippen molar-refractivity contribution in [1.29, 1.82) is 0 Å². The van der Waals surface area contributed by atoms with E-state index in [1.165, 1.54) is 4.68 Å². The van der Waals surface area contributed by atoms with E-state index < -0.39 is 22.5 Å². The number of alkyl halides is 3. The van der Waals surface area contributed by atoms with Crippen LogP contribution in [0, 0.1) is 10.1 Å². The van der Waals surface area contributed by atoms with Gasteiger partial charge in [-0.2, -0.15) is 18.3 Å². The number of nitrogens with zero attached hydrogens (tertiary/aromatic N) is 4. The second-order valence-corrected chi connectivity index (χ2v) is 4.18. The van der Waals surface area contributed by atoms with Crippen LogP contribution in [-0.4, -0.2) is 19.7 Å². The van der Waals surface area contributed by atoms with E-state index in [0.29, 0.717) is 18.0 Å². The summed E-state index contributed by atoms with van der Waals surface area (Å²) in [5.74, 6) is 0. The normalized spacial score (nSPS) is 11.4. The maximum atomic E-state index is 12.6. The fourth-order valence-corrected chi connectivity index (χ4v) is 1.63. The molecular formula is C11H10F3N5O2. The van der Waals surface area contributed by atoms with Crippen LogP contribution in [0.15, 0.2) is 24.5 Å². The quantitative estimate of drug-likeness (QED) is 0.692. The second-order valence-electron chi connectivity index (χ2n) is 4.18. The summed E-state index contributed by atoms with van der Waals surface area (Å²) in [4.78, 5) is 13.1. The minimum atomic E-state index is -4.67. The molecule has 0 bridgehead atoms. The molecule has 0 spiro atoms. The highest BCUT2D eigenvalue weighted by Crippen LogP contribution is 2.32. The molecule has 10 heteroatoms. The van der Waals surface area contributed by atoms with Crippen LogP contribution in [0.5, 0.6) is 0 Å². The van der Waals surface area contributed by atoms with Gasteiger partial charge in [0.2, 0.25) is 0 Å². The first-order valence-corrected chi connectivity index (χ1v) is 5.71. The molecule has 0 fully saturated rings. The zero-order valence-electron chi connectivity index (χ0n) is 10.8. The van der Waals surface area contributed by atoms with Gasteiger partial charge >= 0.3 is 11.9 Å². The Hall–Kier alpha value is -2.65. The van der Waals surface area contributed by atoms with Gasteiger partial charge in [0.25, 0.3) is 0 Å². The highest BCUT2D eigenvalue weighted by Gasteiger charge is 2.34. The first-order chi connectivity index (χ1) is 9.77. The lowest BCUT2D eigenvalue weighted by Gasteiger charge is -2.09. The zero-order valence-corrected chi connectivity index (χ0v) is 10.8. The second kappa shape index (κ2) is 5.38. The molecule has 0 atom stereocenters. The number of halogens is 3. The number of pyridine rings is 1. The van der Waals surface area contributed by atoms with Gasteiger partial charge in [0.15, 0.2) is 0 Å². The molecule has 2 aromatic rings. The zero-order chi connectivity index (χ0) is 15.6. The van der Waals surface area contributed by atoms with Crippen molar-refractivity contribution in [3.05, 3.63) is 46.0 Å². The molecule has 21 heavy (non-hydrogen) atoms.